The topological polar surface area (TPSA) is 70.2 Å². The van der Waals surface area contributed by atoms with E-state index in [0.29, 0.717) is 0 Å². The molecule has 6 heteroatoms. The minimum atomic E-state index is 0.109. The number of carbonyl (C=O) groups is 1. The molecule has 0 unspecified atom stereocenters. The van der Waals surface area contributed by atoms with Crippen LogP contribution < -0.4 is 15.5 Å². The molecule has 2 N–H and O–H groups in total. The van der Waals surface area contributed by atoms with Gasteiger partial charge in [-0.05, 0) is 37.5 Å². The van der Waals surface area contributed by atoms with E-state index >= 15 is 0 Å². The van der Waals surface area contributed by atoms with Crippen molar-refractivity contribution in [2.75, 3.05) is 30.4 Å². The molecular weight excluding hydrogens is 302 g/mol. The number of anilines is 3. The first-order chi connectivity index (χ1) is 11.7. The molecular formula is C18H23N5O. The number of carbonyl (C=O) groups excluding carboxylic acids is 1. The Morgan fingerprint density at radius 2 is 2.00 bits per heavy atom. The second-order valence-corrected chi connectivity index (χ2v) is 6.13. The van der Waals surface area contributed by atoms with Crippen molar-refractivity contribution in [3.8, 4) is 0 Å². The second-order valence-electron chi connectivity index (χ2n) is 6.13. The van der Waals surface area contributed by atoms with Gasteiger partial charge in [-0.1, -0.05) is 12.1 Å². The Hall–Kier alpha value is -2.63. The minimum Gasteiger partial charge on any atom is -0.359 e. The summed E-state index contributed by atoms with van der Waals surface area (Å²) in [6.45, 7) is 3.73. The quantitative estimate of drug-likeness (QED) is 0.904. The van der Waals surface area contributed by atoms with E-state index in [1.54, 1.807) is 13.4 Å². The summed E-state index contributed by atoms with van der Waals surface area (Å²) in [4.78, 5) is 22.6. The second kappa shape index (κ2) is 7.29. The predicted molar refractivity (Wildman–Crippen MR) is 95.5 cm³/mol. The number of aryl methyl sites for hydroxylation is 1. The van der Waals surface area contributed by atoms with Crippen LogP contribution in [0.1, 0.15) is 18.4 Å². The minimum absolute atomic E-state index is 0.109. The van der Waals surface area contributed by atoms with Crippen molar-refractivity contribution in [3.05, 3.63) is 42.2 Å². The van der Waals surface area contributed by atoms with E-state index in [2.05, 4.69) is 44.6 Å². The maximum Gasteiger partial charge on any atom is 0.222 e. The lowest BCUT2D eigenvalue weighted by atomic mass is 9.96. The van der Waals surface area contributed by atoms with E-state index < -0.39 is 0 Å². The molecule has 0 atom stereocenters. The number of benzene rings is 1. The molecule has 1 fully saturated rings. The molecule has 1 aromatic heterocycles. The summed E-state index contributed by atoms with van der Waals surface area (Å²) in [5.74, 6) is 1.92. The van der Waals surface area contributed by atoms with E-state index in [4.69, 9.17) is 0 Å². The fourth-order valence-corrected chi connectivity index (χ4v) is 3.03. The van der Waals surface area contributed by atoms with Crippen molar-refractivity contribution in [1.82, 2.24) is 15.3 Å². The van der Waals surface area contributed by atoms with E-state index in [-0.39, 0.29) is 11.8 Å². The van der Waals surface area contributed by atoms with Crippen LogP contribution in [0.25, 0.3) is 0 Å². The summed E-state index contributed by atoms with van der Waals surface area (Å²) >= 11 is 0. The number of hydrogen-bond donors (Lipinski definition) is 2. The third-order valence-electron chi connectivity index (χ3n) is 4.38. The molecule has 0 bridgehead atoms. The molecule has 1 aliphatic rings. The Kier molecular flexibility index (Phi) is 4.93. The van der Waals surface area contributed by atoms with Gasteiger partial charge in [0.25, 0.3) is 0 Å². The highest BCUT2D eigenvalue weighted by Crippen LogP contribution is 2.24. The summed E-state index contributed by atoms with van der Waals surface area (Å²) in [5, 5.41) is 6.06. The Balaban J connectivity index is 1.67. The van der Waals surface area contributed by atoms with Gasteiger partial charge in [-0.3, -0.25) is 4.79 Å². The maximum absolute atomic E-state index is 11.7. The van der Waals surface area contributed by atoms with Gasteiger partial charge in [-0.2, -0.15) is 0 Å². The zero-order valence-corrected chi connectivity index (χ0v) is 14.1. The highest BCUT2D eigenvalue weighted by molar-refractivity contribution is 5.78. The van der Waals surface area contributed by atoms with Gasteiger partial charge in [0, 0.05) is 37.8 Å². The Morgan fingerprint density at radius 3 is 2.71 bits per heavy atom. The average molecular weight is 325 g/mol. The molecule has 1 aromatic carbocycles. The first-order valence-corrected chi connectivity index (χ1v) is 8.28. The van der Waals surface area contributed by atoms with Crippen molar-refractivity contribution >= 4 is 23.2 Å². The van der Waals surface area contributed by atoms with Crippen LogP contribution in [0.15, 0.2) is 36.7 Å². The molecule has 6 nitrogen and oxygen atoms in total. The number of rotatable bonds is 4. The molecule has 0 radical (unpaired) electrons. The number of aromatic nitrogens is 2. The van der Waals surface area contributed by atoms with Gasteiger partial charge in [0.05, 0.1) is 0 Å². The number of hydrogen-bond acceptors (Lipinski definition) is 5. The third-order valence-corrected chi connectivity index (χ3v) is 4.38. The van der Waals surface area contributed by atoms with Crippen LogP contribution in [0, 0.1) is 12.8 Å². The summed E-state index contributed by atoms with van der Waals surface area (Å²) in [5.41, 5.74) is 2.21. The normalized spacial score (nSPS) is 15.2. The number of amides is 1. The van der Waals surface area contributed by atoms with Crippen molar-refractivity contribution in [2.45, 2.75) is 19.8 Å². The van der Waals surface area contributed by atoms with Gasteiger partial charge >= 0.3 is 0 Å². The molecule has 0 saturated carbocycles. The first-order valence-electron chi connectivity index (χ1n) is 8.28. The lowest BCUT2D eigenvalue weighted by Crippen LogP contribution is -2.39. The van der Waals surface area contributed by atoms with Crippen LogP contribution in [-0.4, -0.2) is 36.0 Å². The Labute approximate surface area is 142 Å². The van der Waals surface area contributed by atoms with Crippen molar-refractivity contribution in [1.29, 1.82) is 0 Å². The van der Waals surface area contributed by atoms with Gasteiger partial charge in [-0.15, -0.1) is 0 Å². The molecule has 3 rings (SSSR count). The van der Waals surface area contributed by atoms with Crippen LogP contribution in [0.2, 0.25) is 0 Å². The fraction of sp³-hybridized carbons (Fsp3) is 0.389. The largest absolute Gasteiger partial charge is 0.359 e. The first kappa shape index (κ1) is 16.2. The van der Waals surface area contributed by atoms with Crippen molar-refractivity contribution < 1.29 is 4.79 Å². The molecule has 1 saturated heterocycles. The maximum atomic E-state index is 11.7. The van der Waals surface area contributed by atoms with E-state index in [0.717, 1.165) is 43.3 Å². The van der Waals surface area contributed by atoms with E-state index in [1.165, 1.54) is 5.56 Å². The smallest absolute Gasteiger partial charge is 0.222 e. The number of nitrogens with one attached hydrogen (secondary N) is 2. The summed E-state index contributed by atoms with van der Waals surface area (Å²) in [6.07, 6.45) is 3.28. The zero-order chi connectivity index (χ0) is 16.9. The number of nitrogens with zero attached hydrogens (tertiary/aromatic N) is 3. The van der Waals surface area contributed by atoms with Crippen molar-refractivity contribution in [2.24, 2.45) is 5.92 Å². The average Bonchev–Trinajstić information content (AvgIpc) is 2.61. The molecule has 24 heavy (non-hydrogen) atoms. The molecule has 2 heterocycles. The van der Waals surface area contributed by atoms with Gasteiger partial charge in [0.1, 0.15) is 18.0 Å². The van der Waals surface area contributed by atoms with Crippen LogP contribution in [0.3, 0.4) is 0 Å². The van der Waals surface area contributed by atoms with Gasteiger partial charge in [0.15, 0.2) is 0 Å². The Bertz CT molecular complexity index is 710. The molecule has 0 aliphatic carbocycles. The lowest BCUT2D eigenvalue weighted by molar-refractivity contribution is -0.125. The summed E-state index contributed by atoms with van der Waals surface area (Å²) < 4.78 is 0. The third kappa shape index (κ3) is 3.82. The lowest BCUT2D eigenvalue weighted by Gasteiger charge is -2.32. The molecule has 126 valence electrons. The molecule has 2 aromatic rings. The van der Waals surface area contributed by atoms with Gasteiger partial charge < -0.3 is 15.5 Å². The summed E-state index contributed by atoms with van der Waals surface area (Å²) in [7, 11) is 1.70. The zero-order valence-electron chi connectivity index (χ0n) is 14.1. The Morgan fingerprint density at radius 1 is 1.21 bits per heavy atom. The molecule has 0 spiro atoms. The molecule has 1 amide bonds. The van der Waals surface area contributed by atoms with Crippen LogP contribution in [-0.2, 0) is 4.79 Å². The van der Waals surface area contributed by atoms with E-state index in [9.17, 15) is 4.79 Å². The predicted octanol–water partition coefficient (Wildman–Crippen LogP) is 2.49. The van der Waals surface area contributed by atoms with E-state index in [1.807, 2.05) is 18.2 Å². The van der Waals surface area contributed by atoms with Gasteiger partial charge in [-0.25, -0.2) is 9.97 Å². The summed E-state index contributed by atoms with van der Waals surface area (Å²) in [6, 6.07) is 10.1. The highest BCUT2D eigenvalue weighted by Gasteiger charge is 2.24. The van der Waals surface area contributed by atoms with Crippen LogP contribution in [0.5, 0.6) is 0 Å². The highest BCUT2D eigenvalue weighted by atomic mass is 16.1. The number of piperidine rings is 1. The standard InChI is InChI=1S/C18H23N5O/c1-13-4-3-5-15(10-13)22-16-11-17(21-12-20-16)23-8-6-14(7-9-23)18(24)19-2/h3-5,10-12,14H,6-9H2,1-2H3,(H,19,24)(H,20,21,22). The molecule has 1 aliphatic heterocycles. The van der Waals surface area contributed by atoms with Crippen LogP contribution >= 0.6 is 0 Å². The van der Waals surface area contributed by atoms with Crippen LogP contribution in [0.4, 0.5) is 17.3 Å². The monoisotopic (exact) mass is 325 g/mol. The SMILES string of the molecule is CNC(=O)C1CCN(c2cc(Nc3cccc(C)c3)ncn2)CC1. The van der Waals surface area contributed by atoms with Gasteiger partial charge in [0.2, 0.25) is 5.91 Å². The van der Waals surface area contributed by atoms with Crippen molar-refractivity contribution in [3.63, 3.8) is 0 Å². The fourth-order valence-electron chi connectivity index (χ4n) is 3.03.